The number of nitrogens with zero attached hydrogens (tertiary/aromatic N) is 1. The Morgan fingerprint density at radius 2 is 1.62 bits per heavy atom. The van der Waals surface area contributed by atoms with Crippen molar-refractivity contribution in [3.63, 3.8) is 0 Å². The van der Waals surface area contributed by atoms with Crippen LogP contribution in [0.4, 0.5) is 5.69 Å². The van der Waals surface area contributed by atoms with E-state index in [0.717, 1.165) is 23.3 Å². The predicted octanol–water partition coefficient (Wildman–Crippen LogP) is 7.35. The van der Waals surface area contributed by atoms with E-state index >= 15 is 0 Å². The highest BCUT2D eigenvalue weighted by Gasteiger charge is 2.20. The van der Waals surface area contributed by atoms with Crippen LogP contribution >= 0.6 is 0 Å². The highest BCUT2D eigenvalue weighted by atomic mass is 16.4. The van der Waals surface area contributed by atoms with E-state index in [0.29, 0.717) is 19.3 Å². The van der Waals surface area contributed by atoms with Crippen molar-refractivity contribution in [3.05, 3.63) is 65.8 Å². The summed E-state index contributed by atoms with van der Waals surface area (Å²) in [5.41, 5.74) is 4.15. The molecular formula is C31H45NO5. The molecule has 0 heterocycles. The van der Waals surface area contributed by atoms with Crippen molar-refractivity contribution in [2.24, 2.45) is 5.92 Å². The fraction of sp³-hybridized carbons (Fsp3) is 0.516. The summed E-state index contributed by atoms with van der Waals surface area (Å²) in [5.74, 6) is -2.62. The Morgan fingerprint density at radius 3 is 2.16 bits per heavy atom. The summed E-state index contributed by atoms with van der Waals surface area (Å²) in [6.45, 7) is 11.7. The number of carboxylic acids is 2. The van der Waals surface area contributed by atoms with Crippen molar-refractivity contribution in [2.45, 2.75) is 97.9 Å². The van der Waals surface area contributed by atoms with Gasteiger partial charge in [-0.15, -0.1) is 0 Å². The number of carbonyl (C=O) groups is 3. The van der Waals surface area contributed by atoms with Gasteiger partial charge in [0.2, 0.25) is 5.91 Å². The zero-order valence-corrected chi connectivity index (χ0v) is 23.0. The molecule has 0 aliphatic carbocycles. The van der Waals surface area contributed by atoms with Crippen molar-refractivity contribution < 1.29 is 24.6 Å². The molecule has 6 heteroatoms. The molecule has 1 rings (SSSR count). The van der Waals surface area contributed by atoms with Gasteiger partial charge in [0.05, 0.1) is 12.0 Å². The lowest BCUT2D eigenvalue weighted by molar-refractivity contribution is -0.143. The van der Waals surface area contributed by atoms with Gasteiger partial charge >= 0.3 is 11.9 Å². The van der Waals surface area contributed by atoms with E-state index in [1.807, 2.05) is 38.1 Å². The molecule has 1 aromatic rings. The topological polar surface area (TPSA) is 94.9 Å². The van der Waals surface area contributed by atoms with E-state index in [2.05, 4.69) is 25.6 Å². The van der Waals surface area contributed by atoms with Crippen molar-refractivity contribution in [1.82, 2.24) is 0 Å². The van der Waals surface area contributed by atoms with Gasteiger partial charge in [-0.3, -0.25) is 14.4 Å². The standard InChI is InChI=1S/C31H45NO5/c1-6-8-9-10-12-27-17-20-29(21-18-27)32(25(5)33)24(4)23(3)15-16-26(7-2)13-11-14-28(31(36)37)19-22-30(34)35/h7,15-18,20-21,24,28H,2,6,8-14,19,22H2,1,3-5H3,(H,34,35)(H,36,37)/b23-15+,26-16+. The van der Waals surface area contributed by atoms with Crippen molar-refractivity contribution in [2.75, 3.05) is 4.90 Å². The molecule has 0 bridgehead atoms. The van der Waals surface area contributed by atoms with Crippen LogP contribution in [0.25, 0.3) is 0 Å². The number of aliphatic carboxylic acids is 2. The maximum Gasteiger partial charge on any atom is 0.306 e. The fourth-order valence-electron chi connectivity index (χ4n) is 4.33. The van der Waals surface area contributed by atoms with E-state index < -0.39 is 17.9 Å². The average molecular weight is 512 g/mol. The van der Waals surface area contributed by atoms with Crippen molar-refractivity contribution >= 4 is 23.5 Å². The predicted molar refractivity (Wildman–Crippen MR) is 151 cm³/mol. The number of anilines is 1. The maximum atomic E-state index is 12.6. The lowest BCUT2D eigenvalue weighted by Crippen LogP contribution is -2.37. The van der Waals surface area contributed by atoms with E-state index in [9.17, 15) is 19.5 Å². The third kappa shape index (κ3) is 12.1. The van der Waals surface area contributed by atoms with Crippen LogP contribution in [0.3, 0.4) is 0 Å². The summed E-state index contributed by atoms with van der Waals surface area (Å²) in [6, 6.07) is 8.13. The average Bonchev–Trinajstić information content (AvgIpc) is 2.85. The number of amides is 1. The molecule has 1 amide bonds. The molecule has 0 fully saturated rings. The molecule has 6 nitrogen and oxygen atoms in total. The second-order valence-corrected chi connectivity index (χ2v) is 9.76. The minimum atomic E-state index is -0.981. The lowest BCUT2D eigenvalue weighted by Gasteiger charge is -2.29. The fourth-order valence-corrected chi connectivity index (χ4v) is 4.33. The van der Waals surface area contributed by atoms with Gasteiger partial charge in [0, 0.05) is 19.0 Å². The quantitative estimate of drug-likeness (QED) is 0.159. The van der Waals surface area contributed by atoms with Crippen molar-refractivity contribution in [1.29, 1.82) is 0 Å². The van der Waals surface area contributed by atoms with Crippen LogP contribution in [0.1, 0.15) is 91.0 Å². The first-order valence-corrected chi connectivity index (χ1v) is 13.4. The first-order valence-electron chi connectivity index (χ1n) is 13.4. The van der Waals surface area contributed by atoms with E-state index in [1.54, 1.807) is 17.9 Å². The molecule has 0 aliphatic rings. The number of unbranched alkanes of at least 4 members (excludes halogenated alkanes) is 3. The van der Waals surface area contributed by atoms with Crippen LogP contribution < -0.4 is 4.90 Å². The molecule has 1 aromatic carbocycles. The summed E-state index contributed by atoms with van der Waals surface area (Å²) in [5, 5.41) is 18.2. The number of hydrogen-bond acceptors (Lipinski definition) is 3. The minimum Gasteiger partial charge on any atom is -0.481 e. The SMILES string of the molecule is C=C/C(=C\C=C(/C)C(C)N(C(C)=O)c1ccc(CCCCCC)cc1)CCCC(CCC(=O)O)C(=O)O. The molecule has 0 aliphatic heterocycles. The van der Waals surface area contributed by atoms with Crippen LogP contribution in [0.15, 0.2) is 60.2 Å². The Morgan fingerprint density at radius 1 is 0.946 bits per heavy atom. The second-order valence-electron chi connectivity index (χ2n) is 9.76. The third-order valence-corrected chi connectivity index (χ3v) is 6.82. The molecule has 0 spiro atoms. The zero-order chi connectivity index (χ0) is 27.8. The van der Waals surface area contributed by atoms with Crippen LogP contribution in [-0.2, 0) is 20.8 Å². The number of aryl methyl sites for hydroxylation is 1. The Bertz CT molecular complexity index is 945. The summed E-state index contributed by atoms with van der Waals surface area (Å²) in [4.78, 5) is 36.5. The van der Waals surface area contributed by atoms with Crippen molar-refractivity contribution in [3.8, 4) is 0 Å². The Kier molecular flexibility index (Phi) is 14.9. The largest absolute Gasteiger partial charge is 0.481 e. The van der Waals surface area contributed by atoms with E-state index in [-0.39, 0.29) is 24.8 Å². The van der Waals surface area contributed by atoms with Crippen LogP contribution in [0.5, 0.6) is 0 Å². The molecule has 204 valence electrons. The summed E-state index contributed by atoms with van der Waals surface area (Å²) in [6.07, 6.45) is 13.3. The molecule has 0 radical (unpaired) electrons. The van der Waals surface area contributed by atoms with Gasteiger partial charge in [-0.05, 0) is 75.6 Å². The van der Waals surface area contributed by atoms with Gasteiger partial charge in [-0.1, -0.05) is 68.7 Å². The van der Waals surface area contributed by atoms with Gasteiger partial charge in [0.1, 0.15) is 0 Å². The molecule has 2 unspecified atom stereocenters. The summed E-state index contributed by atoms with van der Waals surface area (Å²) >= 11 is 0. The zero-order valence-electron chi connectivity index (χ0n) is 23.0. The molecule has 2 N–H and O–H groups in total. The molecule has 0 saturated heterocycles. The molecule has 0 aromatic heterocycles. The highest BCUT2D eigenvalue weighted by molar-refractivity contribution is 5.92. The molecule has 37 heavy (non-hydrogen) atoms. The number of carbonyl (C=O) groups excluding carboxylic acids is 1. The second kappa shape index (κ2) is 17.3. The van der Waals surface area contributed by atoms with Crippen LogP contribution in [-0.4, -0.2) is 34.1 Å². The summed E-state index contributed by atoms with van der Waals surface area (Å²) in [7, 11) is 0. The Labute approximate surface area is 222 Å². The lowest BCUT2D eigenvalue weighted by atomic mass is 9.95. The van der Waals surface area contributed by atoms with Gasteiger partial charge in [0.25, 0.3) is 0 Å². The van der Waals surface area contributed by atoms with Crippen LogP contribution in [0.2, 0.25) is 0 Å². The Hall–Kier alpha value is -3.15. The van der Waals surface area contributed by atoms with Gasteiger partial charge in [-0.25, -0.2) is 0 Å². The molecule has 2 atom stereocenters. The van der Waals surface area contributed by atoms with E-state index in [1.165, 1.54) is 31.2 Å². The summed E-state index contributed by atoms with van der Waals surface area (Å²) < 4.78 is 0. The molecule has 0 saturated carbocycles. The van der Waals surface area contributed by atoms with Gasteiger partial charge < -0.3 is 15.1 Å². The number of hydrogen-bond donors (Lipinski definition) is 2. The van der Waals surface area contributed by atoms with Crippen LogP contribution in [0, 0.1) is 5.92 Å². The number of carboxylic acid groups (broad SMARTS) is 2. The van der Waals surface area contributed by atoms with Gasteiger partial charge in [0.15, 0.2) is 0 Å². The maximum absolute atomic E-state index is 12.6. The first kappa shape index (κ1) is 31.9. The number of benzene rings is 1. The third-order valence-electron chi connectivity index (χ3n) is 6.82. The Balaban J connectivity index is 2.83. The normalized spacial score (nSPS) is 13.6. The number of allylic oxidation sites excluding steroid dienone is 4. The highest BCUT2D eigenvalue weighted by Crippen LogP contribution is 2.24. The van der Waals surface area contributed by atoms with E-state index in [4.69, 9.17) is 5.11 Å². The smallest absolute Gasteiger partial charge is 0.306 e. The monoisotopic (exact) mass is 511 g/mol. The minimum absolute atomic E-state index is 0.0232. The number of rotatable bonds is 18. The van der Waals surface area contributed by atoms with Gasteiger partial charge in [-0.2, -0.15) is 0 Å². The molecular weight excluding hydrogens is 466 g/mol. The first-order chi connectivity index (χ1) is 17.6.